The molecule has 0 unspecified atom stereocenters. The van der Waals surface area contributed by atoms with Gasteiger partial charge in [0.05, 0.1) is 6.04 Å². The van der Waals surface area contributed by atoms with Crippen LogP contribution in [0, 0.1) is 6.92 Å². The van der Waals surface area contributed by atoms with E-state index in [0.717, 1.165) is 30.5 Å². The predicted octanol–water partition coefficient (Wildman–Crippen LogP) is 3.04. The van der Waals surface area contributed by atoms with Gasteiger partial charge in [0.15, 0.2) is 0 Å². The van der Waals surface area contributed by atoms with E-state index in [-0.39, 0.29) is 12.1 Å². The summed E-state index contributed by atoms with van der Waals surface area (Å²) < 4.78 is 5.47. The first-order chi connectivity index (χ1) is 9.28. The van der Waals surface area contributed by atoms with Crippen LogP contribution in [0.5, 0.6) is 0 Å². The van der Waals surface area contributed by atoms with Gasteiger partial charge in [-0.1, -0.05) is 0 Å². The van der Waals surface area contributed by atoms with Gasteiger partial charge in [0.25, 0.3) is 0 Å². The number of nitrogen functional groups attached to an aromatic ring is 1. The zero-order valence-electron chi connectivity index (χ0n) is 12.6. The third-order valence-electron chi connectivity index (χ3n) is 3.41. The van der Waals surface area contributed by atoms with E-state index in [1.165, 1.54) is 0 Å². The standard InChI is InChI=1S/C15H23N3O2/c1-10-8-11(9-17-13(10)16)12-6-5-7-18(12)14(19)20-15(2,3)4/h8-9,12H,5-7H2,1-4H3,(H2,16,17)/t12-/m0/s1. The Balaban J connectivity index is 2.18. The topological polar surface area (TPSA) is 68.5 Å². The maximum absolute atomic E-state index is 12.3. The number of nitrogens with two attached hydrogens (primary N) is 1. The molecule has 0 aromatic carbocycles. The number of hydrogen-bond donors (Lipinski definition) is 1. The van der Waals surface area contributed by atoms with E-state index in [1.807, 2.05) is 33.8 Å². The number of likely N-dealkylation sites (tertiary alicyclic amines) is 1. The largest absolute Gasteiger partial charge is 0.444 e. The minimum atomic E-state index is -0.473. The van der Waals surface area contributed by atoms with Gasteiger partial charge in [-0.25, -0.2) is 9.78 Å². The molecule has 110 valence electrons. The highest BCUT2D eigenvalue weighted by Gasteiger charge is 2.33. The number of pyridine rings is 1. The van der Waals surface area contributed by atoms with Crippen LogP contribution in [0.25, 0.3) is 0 Å². The maximum atomic E-state index is 12.3. The maximum Gasteiger partial charge on any atom is 0.410 e. The van der Waals surface area contributed by atoms with Crippen LogP contribution in [0.1, 0.15) is 50.8 Å². The van der Waals surface area contributed by atoms with Gasteiger partial charge in [-0.3, -0.25) is 0 Å². The van der Waals surface area contributed by atoms with Crippen LogP contribution in [-0.4, -0.2) is 28.1 Å². The molecule has 1 fully saturated rings. The minimum Gasteiger partial charge on any atom is -0.444 e. The lowest BCUT2D eigenvalue weighted by Crippen LogP contribution is -2.36. The molecule has 0 bridgehead atoms. The van der Waals surface area contributed by atoms with Crippen molar-refractivity contribution in [2.75, 3.05) is 12.3 Å². The number of aromatic nitrogens is 1. The first kappa shape index (κ1) is 14.6. The summed E-state index contributed by atoms with van der Waals surface area (Å²) in [4.78, 5) is 18.2. The zero-order valence-corrected chi connectivity index (χ0v) is 12.6. The Morgan fingerprint density at radius 3 is 2.80 bits per heavy atom. The number of carbonyl (C=O) groups is 1. The molecule has 1 saturated heterocycles. The molecular formula is C15H23N3O2. The lowest BCUT2D eigenvalue weighted by molar-refractivity contribution is 0.0224. The second-order valence-corrected chi connectivity index (χ2v) is 6.30. The summed E-state index contributed by atoms with van der Waals surface area (Å²) in [6.07, 6.45) is 3.42. The molecule has 1 aromatic rings. The molecule has 1 aliphatic rings. The fourth-order valence-corrected chi connectivity index (χ4v) is 2.44. The lowest BCUT2D eigenvalue weighted by atomic mass is 10.1. The highest BCUT2D eigenvalue weighted by molar-refractivity contribution is 5.69. The first-order valence-corrected chi connectivity index (χ1v) is 6.99. The number of hydrogen-bond acceptors (Lipinski definition) is 4. The molecule has 20 heavy (non-hydrogen) atoms. The van der Waals surface area contributed by atoms with Crippen molar-refractivity contribution in [3.05, 3.63) is 23.4 Å². The quantitative estimate of drug-likeness (QED) is 0.856. The number of carbonyl (C=O) groups excluding carboxylic acids is 1. The van der Waals surface area contributed by atoms with E-state index < -0.39 is 5.60 Å². The highest BCUT2D eigenvalue weighted by Crippen LogP contribution is 2.33. The van der Waals surface area contributed by atoms with Crippen molar-refractivity contribution in [3.63, 3.8) is 0 Å². The third-order valence-corrected chi connectivity index (χ3v) is 3.41. The molecule has 2 N–H and O–H groups in total. The van der Waals surface area contributed by atoms with Gasteiger partial charge in [0, 0.05) is 12.7 Å². The van der Waals surface area contributed by atoms with E-state index in [4.69, 9.17) is 10.5 Å². The molecule has 1 amide bonds. The number of amides is 1. The lowest BCUT2D eigenvalue weighted by Gasteiger charge is -2.28. The number of ether oxygens (including phenoxy) is 1. The van der Waals surface area contributed by atoms with Gasteiger partial charge in [0.1, 0.15) is 11.4 Å². The molecule has 2 heterocycles. The molecular weight excluding hydrogens is 254 g/mol. The van der Waals surface area contributed by atoms with Crippen LogP contribution >= 0.6 is 0 Å². The van der Waals surface area contributed by atoms with E-state index in [2.05, 4.69) is 4.98 Å². The van der Waals surface area contributed by atoms with Gasteiger partial charge in [-0.15, -0.1) is 0 Å². The molecule has 1 atom stereocenters. The van der Waals surface area contributed by atoms with Crippen molar-refractivity contribution < 1.29 is 9.53 Å². The molecule has 0 radical (unpaired) electrons. The van der Waals surface area contributed by atoms with Gasteiger partial charge in [-0.2, -0.15) is 0 Å². The Morgan fingerprint density at radius 2 is 2.20 bits per heavy atom. The van der Waals surface area contributed by atoms with E-state index in [0.29, 0.717) is 5.82 Å². The summed E-state index contributed by atoms with van der Waals surface area (Å²) >= 11 is 0. The Labute approximate surface area is 120 Å². The zero-order chi connectivity index (χ0) is 14.9. The minimum absolute atomic E-state index is 0.0386. The molecule has 0 saturated carbocycles. The van der Waals surface area contributed by atoms with Crippen molar-refractivity contribution in [1.82, 2.24) is 9.88 Å². The second-order valence-electron chi connectivity index (χ2n) is 6.30. The van der Waals surface area contributed by atoms with E-state index in [9.17, 15) is 4.79 Å². The summed E-state index contributed by atoms with van der Waals surface area (Å²) in [6, 6.07) is 2.05. The summed E-state index contributed by atoms with van der Waals surface area (Å²) in [6.45, 7) is 8.29. The molecule has 0 spiro atoms. The third kappa shape index (κ3) is 3.21. The van der Waals surface area contributed by atoms with Crippen molar-refractivity contribution in [1.29, 1.82) is 0 Å². The Morgan fingerprint density at radius 1 is 1.50 bits per heavy atom. The summed E-state index contributed by atoms with van der Waals surface area (Å²) in [5.41, 5.74) is 7.25. The monoisotopic (exact) mass is 277 g/mol. The van der Waals surface area contributed by atoms with Crippen molar-refractivity contribution in [2.24, 2.45) is 0 Å². The Bertz CT molecular complexity index is 508. The van der Waals surface area contributed by atoms with Gasteiger partial charge in [0.2, 0.25) is 0 Å². The molecule has 1 aromatic heterocycles. The van der Waals surface area contributed by atoms with Gasteiger partial charge in [-0.05, 0) is 57.7 Å². The highest BCUT2D eigenvalue weighted by atomic mass is 16.6. The van der Waals surface area contributed by atoms with E-state index in [1.54, 1.807) is 11.1 Å². The van der Waals surface area contributed by atoms with Gasteiger partial charge < -0.3 is 15.4 Å². The summed E-state index contributed by atoms with van der Waals surface area (Å²) in [5, 5.41) is 0. The first-order valence-electron chi connectivity index (χ1n) is 6.99. The van der Waals surface area contributed by atoms with Crippen LogP contribution in [0.2, 0.25) is 0 Å². The smallest absolute Gasteiger partial charge is 0.410 e. The average Bonchev–Trinajstić information content (AvgIpc) is 2.79. The molecule has 0 aliphatic carbocycles. The van der Waals surface area contributed by atoms with Crippen molar-refractivity contribution in [2.45, 2.75) is 52.2 Å². The van der Waals surface area contributed by atoms with Crippen LogP contribution < -0.4 is 5.73 Å². The molecule has 5 nitrogen and oxygen atoms in total. The van der Waals surface area contributed by atoms with Crippen molar-refractivity contribution >= 4 is 11.9 Å². The normalized spacial score (nSPS) is 19.2. The van der Waals surface area contributed by atoms with Crippen LogP contribution in [0.4, 0.5) is 10.6 Å². The number of aryl methyl sites for hydroxylation is 1. The molecule has 5 heteroatoms. The molecule has 2 rings (SSSR count). The fourth-order valence-electron chi connectivity index (χ4n) is 2.44. The van der Waals surface area contributed by atoms with Crippen LogP contribution in [-0.2, 0) is 4.74 Å². The van der Waals surface area contributed by atoms with Crippen LogP contribution in [0.3, 0.4) is 0 Å². The summed E-state index contributed by atoms with van der Waals surface area (Å²) in [7, 11) is 0. The molecule has 1 aliphatic heterocycles. The number of anilines is 1. The Hall–Kier alpha value is -1.78. The predicted molar refractivity (Wildman–Crippen MR) is 78.3 cm³/mol. The Kier molecular flexibility index (Phi) is 3.88. The van der Waals surface area contributed by atoms with Gasteiger partial charge >= 0.3 is 6.09 Å². The SMILES string of the molecule is Cc1cc([C@@H]2CCCN2C(=O)OC(C)(C)C)cnc1N. The van der Waals surface area contributed by atoms with Crippen LogP contribution in [0.15, 0.2) is 12.3 Å². The average molecular weight is 277 g/mol. The second kappa shape index (κ2) is 5.31. The summed E-state index contributed by atoms with van der Waals surface area (Å²) in [5.74, 6) is 0.538. The number of rotatable bonds is 1. The van der Waals surface area contributed by atoms with Crippen molar-refractivity contribution in [3.8, 4) is 0 Å². The van der Waals surface area contributed by atoms with E-state index >= 15 is 0 Å². The number of nitrogens with zero attached hydrogens (tertiary/aromatic N) is 2. The fraction of sp³-hybridized carbons (Fsp3) is 0.600.